The number of aromatic nitrogens is 1. The van der Waals surface area contributed by atoms with Crippen molar-refractivity contribution in [3.05, 3.63) is 71.4 Å². The van der Waals surface area contributed by atoms with Crippen molar-refractivity contribution in [1.82, 2.24) is 9.88 Å². The van der Waals surface area contributed by atoms with E-state index in [9.17, 15) is 8.78 Å². The largest absolute Gasteiger partial charge is 0.347 e. The third kappa shape index (κ3) is 6.30. The van der Waals surface area contributed by atoms with Crippen molar-refractivity contribution in [2.24, 2.45) is 11.7 Å². The molecule has 0 bridgehead atoms. The molecule has 3 aromatic rings. The van der Waals surface area contributed by atoms with Crippen LogP contribution >= 0.6 is 12.4 Å². The normalized spacial score (nSPS) is 21.9. The molecule has 3 nitrogen and oxygen atoms in total. The smallest absolute Gasteiger partial charge is 0.159 e. The Morgan fingerprint density at radius 3 is 2.42 bits per heavy atom. The van der Waals surface area contributed by atoms with Crippen LogP contribution in [0.25, 0.3) is 10.9 Å². The monoisotopic (exact) mass is 515 g/mol. The average Bonchev–Trinajstić information content (AvgIpc) is 3.23. The highest BCUT2D eigenvalue weighted by molar-refractivity contribution is 5.85. The van der Waals surface area contributed by atoms with Gasteiger partial charge in [-0.25, -0.2) is 8.78 Å². The van der Waals surface area contributed by atoms with Gasteiger partial charge in [0.15, 0.2) is 11.6 Å². The van der Waals surface area contributed by atoms with Gasteiger partial charge in [0.1, 0.15) is 0 Å². The lowest BCUT2D eigenvalue weighted by molar-refractivity contribution is 0.322. The molecule has 5 rings (SSSR count). The molecule has 0 amide bonds. The Labute approximate surface area is 220 Å². The van der Waals surface area contributed by atoms with Crippen LogP contribution < -0.4 is 11.1 Å². The van der Waals surface area contributed by atoms with Crippen molar-refractivity contribution < 1.29 is 8.78 Å². The summed E-state index contributed by atoms with van der Waals surface area (Å²) in [6.07, 6.45) is 14.1. The van der Waals surface area contributed by atoms with Crippen LogP contribution in [0.15, 0.2) is 48.7 Å². The topological polar surface area (TPSA) is 43.0 Å². The number of hydrogen-bond donors (Lipinski definition) is 2. The first kappa shape index (κ1) is 27.1. The second-order valence-corrected chi connectivity index (χ2v) is 10.8. The Bertz CT molecular complexity index is 1120. The molecule has 0 saturated heterocycles. The fourth-order valence-corrected chi connectivity index (χ4v) is 6.34. The van der Waals surface area contributed by atoms with Crippen LogP contribution in [0.4, 0.5) is 8.78 Å². The molecular formula is C30H40ClF2N3. The van der Waals surface area contributed by atoms with E-state index in [4.69, 9.17) is 5.73 Å². The van der Waals surface area contributed by atoms with Gasteiger partial charge in [-0.2, -0.15) is 0 Å². The first-order valence-corrected chi connectivity index (χ1v) is 13.6. The Balaban J connectivity index is 0.00000304. The Hall–Kier alpha value is -1.95. The summed E-state index contributed by atoms with van der Waals surface area (Å²) in [5.74, 6) is -0.842. The molecule has 1 unspecified atom stereocenters. The number of rotatable bonds is 8. The fraction of sp³-hybridized carbons (Fsp3) is 0.533. The third-order valence-electron chi connectivity index (χ3n) is 8.36. The molecule has 1 atom stereocenters. The third-order valence-corrected chi connectivity index (χ3v) is 8.36. The predicted octanol–water partition coefficient (Wildman–Crippen LogP) is 7.30. The molecular weight excluding hydrogens is 476 g/mol. The highest BCUT2D eigenvalue weighted by Gasteiger charge is 2.24. The molecule has 196 valence electrons. The van der Waals surface area contributed by atoms with Crippen LogP contribution in [0.3, 0.4) is 0 Å². The van der Waals surface area contributed by atoms with Crippen LogP contribution in [0, 0.1) is 17.6 Å². The summed E-state index contributed by atoms with van der Waals surface area (Å²) in [6, 6.07) is 13.8. The second-order valence-electron chi connectivity index (χ2n) is 10.8. The van der Waals surface area contributed by atoms with Crippen LogP contribution in [-0.4, -0.2) is 23.2 Å². The minimum absolute atomic E-state index is 0. The summed E-state index contributed by atoms with van der Waals surface area (Å²) < 4.78 is 30.6. The zero-order chi connectivity index (χ0) is 24.2. The molecule has 2 fully saturated rings. The van der Waals surface area contributed by atoms with Gasteiger partial charge < -0.3 is 15.6 Å². The first-order chi connectivity index (χ1) is 17.1. The number of halogens is 3. The van der Waals surface area contributed by atoms with Crippen molar-refractivity contribution in [2.75, 3.05) is 6.54 Å². The quantitative estimate of drug-likeness (QED) is 0.330. The predicted molar refractivity (Wildman–Crippen MR) is 147 cm³/mol. The summed E-state index contributed by atoms with van der Waals surface area (Å²) in [4.78, 5) is 0. The Morgan fingerprint density at radius 2 is 1.67 bits per heavy atom. The molecule has 3 N–H and O–H groups in total. The zero-order valence-corrected chi connectivity index (χ0v) is 21.9. The van der Waals surface area contributed by atoms with Crippen LogP contribution in [-0.2, 0) is 6.54 Å². The number of hydrogen-bond acceptors (Lipinski definition) is 2. The van der Waals surface area contributed by atoms with Gasteiger partial charge in [-0.1, -0.05) is 43.5 Å². The van der Waals surface area contributed by atoms with Gasteiger partial charge in [0.25, 0.3) is 0 Å². The summed E-state index contributed by atoms with van der Waals surface area (Å²) in [5, 5.41) is 4.95. The highest BCUT2D eigenvalue weighted by atomic mass is 35.5. The summed E-state index contributed by atoms with van der Waals surface area (Å²) >= 11 is 0. The minimum Gasteiger partial charge on any atom is -0.347 e. The van der Waals surface area contributed by atoms with Gasteiger partial charge >= 0.3 is 0 Å². The van der Waals surface area contributed by atoms with Crippen molar-refractivity contribution >= 4 is 23.3 Å². The number of nitrogens with zero attached hydrogens (tertiary/aromatic N) is 1. The van der Waals surface area contributed by atoms with Gasteiger partial charge in [-0.3, -0.25) is 0 Å². The lowest BCUT2D eigenvalue weighted by atomic mass is 9.87. The molecule has 2 aromatic carbocycles. The van der Waals surface area contributed by atoms with Gasteiger partial charge in [0.2, 0.25) is 0 Å². The maximum Gasteiger partial charge on any atom is 0.159 e. The van der Waals surface area contributed by atoms with E-state index in [2.05, 4.69) is 40.3 Å². The molecule has 0 radical (unpaired) electrons. The number of fused-ring (bicyclic) bond motifs is 1. The SMILES string of the molecule is Cl.NC1CCC(NCCC(c2ccc(F)c(F)c2)c2cn(CC3CCCCC3)c3ccccc23)CC1. The summed E-state index contributed by atoms with van der Waals surface area (Å²) in [7, 11) is 0. The van der Waals surface area contributed by atoms with E-state index in [0.717, 1.165) is 50.8 Å². The standard InChI is InChI=1S/C30H39F2N3.ClH/c31-28-15-10-22(18-29(28)32)25(16-17-34-24-13-11-23(33)12-14-24)27-20-35(19-21-6-2-1-3-7-21)30-9-5-4-8-26(27)30;/h4-5,8-10,15,18,20-21,23-25,34H,1-3,6-7,11-14,16-17,19,33H2;1H. The van der Waals surface area contributed by atoms with Crippen molar-refractivity contribution in [3.63, 3.8) is 0 Å². The molecule has 0 aliphatic heterocycles. The molecule has 2 aliphatic rings. The van der Waals surface area contributed by atoms with E-state index >= 15 is 0 Å². The van der Waals surface area contributed by atoms with E-state index in [1.807, 2.05) is 0 Å². The Morgan fingerprint density at radius 1 is 0.917 bits per heavy atom. The second kappa shape index (κ2) is 12.5. The van der Waals surface area contributed by atoms with E-state index in [1.165, 1.54) is 60.7 Å². The summed E-state index contributed by atoms with van der Waals surface area (Å²) in [6.45, 7) is 1.87. The minimum atomic E-state index is -0.788. The number of nitrogens with one attached hydrogen (secondary N) is 1. The van der Waals surface area contributed by atoms with E-state index in [1.54, 1.807) is 6.07 Å². The van der Waals surface area contributed by atoms with Crippen molar-refractivity contribution in [1.29, 1.82) is 0 Å². The van der Waals surface area contributed by atoms with Gasteiger partial charge in [0.05, 0.1) is 0 Å². The molecule has 2 saturated carbocycles. The average molecular weight is 516 g/mol. The van der Waals surface area contributed by atoms with Crippen LogP contribution in [0.5, 0.6) is 0 Å². The van der Waals surface area contributed by atoms with Crippen molar-refractivity contribution in [2.45, 2.75) is 88.8 Å². The molecule has 1 aromatic heterocycles. The molecule has 36 heavy (non-hydrogen) atoms. The number of nitrogens with two attached hydrogens (primary N) is 1. The number of benzene rings is 2. The maximum absolute atomic E-state index is 14.3. The van der Waals surface area contributed by atoms with E-state index < -0.39 is 11.6 Å². The van der Waals surface area contributed by atoms with E-state index in [0.29, 0.717) is 18.0 Å². The summed E-state index contributed by atoms with van der Waals surface area (Å²) in [5.41, 5.74) is 9.39. The lowest BCUT2D eigenvalue weighted by Crippen LogP contribution is -2.38. The lowest BCUT2D eigenvalue weighted by Gasteiger charge is -2.28. The van der Waals surface area contributed by atoms with Crippen LogP contribution in [0.1, 0.15) is 81.3 Å². The Kier molecular flexibility index (Phi) is 9.43. The molecule has 6 heteroatoms. The number of para-hydroxylation sites is 1. The van der Waals surface area contributed by atoms with Crippen LogP contribution in [0.2, 0.25) is 0 Å². The van der Waals surface area contributed by atoms with Gasteiger partial charge in [-0.15, -0.1) is 12.4 Å². The van der Waals surface area contributed by atoms with Gasteiger partial charge in [-0.05, 0) is 86.7 Å². The highest BCUT2D eigenvalue weighted by Crippen LogP contribution is 2.36. The molecule has 1 heterocycles. The van der Waals surface area contributed by atoms with Crippen molar-refractivity contribution in [3.8, 4) is 0 Å². The van der Waals surface area contributed by atoms with E-state index in [-0.39, 0.29) is 18.3 Å². The maximum atomic E-state index is 14.3. The molecule has 0 spiro atoms. The fourth-order valence-electron chi connectivity index (χ4n) is 6.34. The first-order valence-electron chi connectivity index (χ1n) is 13.6. The molecule has 2 aliphatic carbocycles. The zero-order valence-electron chi connectivity index (χ0n) is 21.1. The van der Waals surface area contributed by atoms with Gasteiger partial charge in [0, 0.05) is 41.6 Å².